The third kappa shape index (κ3) is 9.76. The van der Waals surface area contributed by atoms with Crippen LogP contribution in [0.5, 0.6) is 11.5 Å². The van der Waals surface area contributed by atoms with Crippen LogP contribution in [0.15, 0.2) is 21.9 Å². The van der Waals surface area contributed by atoms with Crippen molar-refractivity contribution >= 4 is 11.8 Å². The summed E-state index contributed by atoms with van der Waals surface area (Å²) in [6.07, 6.45) is 19.4. The fraction of sp³-hybridized carbons (Fsp3) is 0.667. The van der Waals surface area contributed by atoms with Crippen molar-refractivity contribution in [3.63, 3.8) is 0 Å². The van der Waals surface area contributed by atoms with Gasteiger partial charge in [-0.1, -0.05) is 91.8 Å². The summed E-state index contributed by atoms with van der Waals surface area (Å²) in [5.74, 6) is 1.13. The average Bonchev–Trinajstić information content (AvgIpc) is 2.94. The Kier molecular flexibility index (Phi) is 16.1. The minimum atomic E-state index is 0.566. The molecule has 3 heteroatoms. The number of benzene rings is 2. The van der Waals surface area contributed by atoms with Crippen LogP contribution in [0.25, 0.3) is 0 Å². The fourth-order valence-electron chi connectivity index (χ4n) is 5.52. The lowest BCUT2D eigenvalue weighted by atomic mass is 9.92. The van der Waals surface area contributed by atoms with Gasteiger partial charge in [-0.05, 0) is 123 Å². The lowest BCUT2D eigenvalue weighted by Crippen LogP contribution is -2.05. The minimum absolute atomic E-state index is 0.566. The molecule has 0 saturated heterocycles. The highest BCUT2D eigenvalue weighted by atomic mass is 32.2. The van der Waals surface area contributed by atoms with Gasteiger partial charge in [0.1, 0.15) is 11.5 Å². The number of hydrogen-bond acceptors (Lipinski definition) is 3. The summed E-state index contributed by atoms with van der Waals surface area (Å²) < 4.78 is 0. The molecule has 2 rings (SSSR count). The normalized spacial score (nSPS) is 11.4. The maximum absolute atomic E-state index is 11.5. The molecular formula is C36H58O2S. The number of unbranched alkanes of at least 4 members (excludes halogenated alkanes) is 6. The van der Waals surface area contributed by atoms with Crippen LogP contribution >= 0.6 is 11.8 Å². The molecule has 0 fully saturated rings. The molecule has 0 aliphatic carbocycles. The van der Waals surface area contributed by atoms with Gasteiger partial charge in [0.2, 0.25) is 0 Å². The molecule has 0 aliphatic rings. The molecule has 0 atom stereocenters. The van der Waals surface area contributed by atoms with Crippen LogP contribution in [0.2, 0.25) is 0 Å². The largest absolute Gasteiger partial charge is 0.507 e. The van der Waals surface area contributed by atoms with Gasteiger partial charge >= 0.3 is 0 Å². The Labute approximate surface area is 245 Å². The van der Waals surface area contributed by atoms with Crippen LogP contribution in [0, 0.1) is 0 Å². The molecule has 2 N–H and O–H groups in total. The second kappa shape index (κ2) is 18.7. The van der Waals surface area contributed by atoms with E-state index in [0.29, 0.717) is 11.5 Å². The van der Waals surface area contributed by atoms with E-state index in [1.165, 1.54) is 32.0 Å². The molecule has 0 bridgehead atoms. The van der Waals surface area contributed by atoms with Crippen molar-refractivity contribution in [2.24, 2.45) is 0 Å². The van der Waals surface area contributed by atoms with Gasteiger partial charge in [-0.15, -0.1) is 0 Å². The SMILES string of the molecule is CCCCc1cc(Sc2cc(CCCC)c(O)c(CCCC)c2CCCC)c(CCCC)c(CCCC)c1O. The maximum atomic E-state index is 11.5. The van der Waals surface area contributed by atoms with Crippen LogP contribution in [0.3, 0.4) is 0 Å². The number of aromatic hydroxyl groups is 2. The van der Waals surface area contributed by atoms with Crippen LogP contribution in [0.1, 0.15) is 152 Å². The summed E-state index contributed by atoms with van der Waals surface area (Å²) >= 11 is 1.93. The van der Waals surface area contributed by atoms with Crippen LogP contribution in [0.4, 0.5) is 0 Å². The lowest BCUT2D eigenvalue weighted by Gasteiger charge is -2.23. The first-order chi connectivity index (χ1) is 19.0. The molecule has 39 heavy (non-hydrogen) atoms. The zero-order valence-corrected chi connectivity index (χ0v) is 27.0. The lowest BCUT2D eigenvalue weighted by molar-refractivity contribution is 0.455. The predicted octanol–water partition coefficient (Wildman–Crippen LogP) is 11.3. The van der Waals surface area contributed by atoms with Gasteiger partial charge in [0.25, 0.3) is 0 Å². The fourth-order valence-corrected chi connectivity index (χ4v) is 6.85. The maximum Gasteiger partial charge on any atom is 0.122 e. The van der Waals surface area contributed by atoms with Crippen molar-refractivity contribution in [3.8, 4) is 11.5 Å². The Morgan fingerprint density at radius 2 is 0.718 bits per heavy atom. The third-order valence-corrected chi connectivity index (χ3v) is 9.22. The Bertz CT molecular complexity index is 915. The van der Waals surface area contributed by atoms with Crippen molar-refractivity contribution in [2.75, 3.05) is 0 Å². The van der Waals surface area contributed by atoms with Crippen LogP contribution < -0.4 is 0 Å². The van der Waals surface area contributed by atoms with E-state index in [2.05, 4.69) is 53.7 Å². The highest BCUT2D eigenvalue weighted by Gasteiger charge is 2.22. The monoisotopic (exact) mass is 554 g/mol. The molecule has 0 heterocycles. The second-order valence-electron chi connectivity index (χ2n) is 11.4. The van der Waals surface area contributed by atoms with E-state index < -0.39 is 0 Å². The quantitative estimate of drug-likeness (QED) is 0.171. The van der Waals surface area contributed by atoms with E-state index in [9.17, 15) is 10.2 Å². The highest BCUT2D eigenvalue weighted by molar-refractivity contribution is 7.99. The molecule has 0 spiro atoms. The van der Waals surface area contributed by atoms with Gasteiger partial charge in [-0.25, -0.2) is 0 Å². The molecule has 220 valence electrons. The van der Waals surface area contributed by atoms with Crippen molar-refractivity contribution in [3.05, 3.63) is 45.5 Å². The van der Waals surface area contributed by atoms with Crippen molar-refractivity contribution in [2.45, 2.75) is 167 Å². The van der Waals surface area contributed by atoms with E-state index in [1.54, 1.807) is 0 Å². The molecule has 0 radical (unpaired) electrons. The molecule has 0 saturated carbocycles. The van der Waals surface area contributed by atoms with Crippen molar-refractivity contribution in [1.29, 1.82) is 0 Å². The summed E-state index contributed by atoms with van der Waals surface area (Å²) in [5.41, 5.74) is 7.38. The summed E-state index contributed by atoms with van der Waals surface area (Å²) in [4.78, 5) is 2.68. The van der Waals surface area contributed by atoms with Gasteiger partial charge in [0.05, 0.1) is 0 Å². The van der Waals surface area contributed by atoms with Gasteiger partial charge in [-0.2, -0.15) is 0 Å². The molecule has 0 aliphatic heterocycles. The Balaban J connectivity index is 2.77. The topological polar surface area (TPSA) is 40.5 Å². The predicted molar refractivity (Wildman–Crippen MR) is 172 cm³/mol. The van der Waals surface area contributed by atoms with Gasteiger partial charge in [-0.3, -0.25) is 0 Å². The van der Waals surface area contributed by atoms with E-state index in [0.717, 1.165) is 127 Å². The molecule has 2 aromatic carbocycles. The smallest absolute Gasteiger partial charge is 0.122 e. The zero-order valence-electron chi connectivity index (χ0n) is 26.2. The molecular weight excluding hydrogens is 496 g/mol. The van der Waals surface area contributed by atoms with Gasteiger partial charge < -0.3 is 10.2 Å². The summed E-state index contributed by atoms with van der Waals surface area (Å²) in [5, 5.41) is 22.9. The molecule has 0 unspecified atom stereocenters. The van der Waals surface area contributed by atoms with E-state index in [4.69, 9.17) is 0 Å². The number of aryl methyl sites for hydroxylation is 2. The highest BCUT2D eigenvalue weighted by Crippen LogP contribution is 2.44. The molecule has 2 nitrogen and oxygen atoms in total. The number of phenolic OH excluding ortho intramolecular Hbond substituents is 2. The van der Waals surface area contributed by atoms with Crippen LogP contribution in [-0.2, 0) is 38.5 Å². The minimum Gasteiger partial charge on any atom is -0.507 e. The van der Waals surface area contributed by atoms with E-state index in [-0.39, 0.29) is 0 Å². The Hall–Kier alpha value is -1.61. The first kappa shape index (κ1) is 33.6. The first-order valence-corrected chi connectivity index (χ1v) is 17.2. The second-order valence-corrected chi connectivity index (χ2v) is 12.5. The molecule has 0 amide bonds. The standard InChI is InChI=1S/C36H58O2S/c1-7-13-19-27-25-33(29(21-15-9-3)31(35(27)37)23-17-11-5)39-34-26-28(20-14-8-2)36(38)32(24-18-12-6)30(34)22-16-10-4/h25-26,37-38H,7-24H2,1-6H3. The zero-order chi connectivity index (χ0) is 28.6. The number of phenols is 2. The van der Waals surface area contributed by atoms with Gasteiger partial charge in [0, 0.05) is 9.79 Å². The number of rotatable bonds is 20. The first-order valence-electron chi connectivity index (χ1n) is 16.4. The summed E-state index contributed by atoms with van der Waals surface area (Å²) in [6.45, 7) is 13.5. The van der Waals surface area contributed by atoms with Crippen molar-refractivity contribution < 1.29 is 10.2 Å². The summed E-state index contributed by atoms with van der Waals surface area (Å²) in [6, 6.07) is 4.65. The van der Waals surface area contributed by atoms with Crippen molar-refractivity contribution in [1.82, 2.24) is 0 Å². The number of hydrogen-bond donors (Lipinski definition) is 2. The van der Waals surface area contributed by atoms with Crippen LogP contribution in [-0.4, -0.2) is 10.2 Å². The Morgan fingerprint density at radius 3 is 1.03 bits per heavy atom. The molecule has 2 aromatic rings. The van der Waals surface area contributed by atoms with E-state index >= 15 is 0 Å². The average molecular weight is 555 g/mol. The van der Waals surface area contributed by atoms with E-state index in [1.807, 2.05) is 11.8 Å². The molecule has 0 aromatic heterocycles. The Morgan fingerprint density at radius 1 is 0.436 bits per heavy atom. The summed E-state index contributed by atoms with van der Waals surface area (Å²) in [7, 11) is 0. The third-order valence-electron chi connectivity index (χ3n) is 8.05. The van der Waals surface area contributed by atoms with Gasteiger partial charge in [0.15, 0.2) is 0 Å².